The summed E-state index contributed by atoms with van der Waals surface area (Å²) in [6.45, 7) is 1.52. The molecule has 118 valence electrons. The molecule has 1 atom stereocenters. The van der Waals surface area contributed by atoms with Crippen molar-refractivity contribution in [1.29, 1.82) is 0 Å². The summed E-state index contributed by atoms with van der Waals surface area (Å²) >= 11 is 2.97. The Balaban J connectivity index is 1.83. The second-order valence-electron chi connectivity index (χ2n) is 4.89. The van der Waals surface area contributed by atoms with E-state index in [1.807, 2.05) is 17.5 Å². The van der Waals surface area contributed by atoms with Crippen molar-refractivity contribution < 1.29 is 14.3 Å². The van der Waals surface area contributed by atoms with Crippen molar-refractivity contribution in [3.8, 4) is 10.7 Å². The molecule has 3 heterocycles. The van der Waals surface area contributed by atoms with Crippen LogP contribution in [0.2, 0.25) is 0 Å². The van der Waals surface area contributed by atoms with Gasteiger partial charge in [-0.2, -0.15) is 0 Å². The highest BCUT2D eigenvalue weighted by molar-refractivity contribution is 7.99. The minimum absolute atomic E-state index is 0.187. The van der Waals surface area contributed by atoms with Crippen LogP contribution in [0.1, 0.15) is 12.8 Å². The predicted molar refractivity (Wildman–Crippen MR) is 85.0 cm³/mol. The Morgan fingerprint density at radius 2 is 2.50 bits per heavy atom. The summed E-state index contributed by atoms with van der Waals surface area (Å²) in [4.78, 5) is 12.4. The lowest BCUT2D eigenvalue weighted by molar-refractivity contribution is -0.137. The highest BCUT2D eigenvalue weighted by atomic mass is 32.2. The molecule has 0 aliphatic carbocycles. The molecule has 0 bridgehead atoms. The van der Waals surface area contributed by atoms with Crippen molar-refractivity contribution in [2.45, 2.75) is 30.6 Å². The summed E-state index contributed by atoms with van der Waals surface area (Å²) in [5.41, 5.74) is 0. The van der Waals surface area contributed by atoms with Gasteiger partial charge in [0, 0.05) is 6.61 Å². The van der Waals surface area contributed by atoms with Crippen LogP contribution in [0.4, 0.5) is 0 Å². The molecule has 22 heavy (non-hydrogen) atoms. The SMILES string of the molecule is COC(=O)CSc1nnc(-c2cccs2)n1C[C@H]1CCCO1. The van der Waals surface area contributed by atoms with E-state index in [1.54, 1.807) is 11.3 Å². The number of hydrogen-bond donors (Lipinski definition) is 0. The van der Waals surface area contributed by atoms with Crippen LogP contribution in [0.15, 0.2) is 22.7 Å². The number of methoxy groups -OCH3 is 1. The topological polar surface area (TPSA) is 66.2 Å². The zero-order chi connectivity index (χ0) is 15.4. The highest BCUT2D eigenvalue weighted by Gasteiger charge is 2.22. The smallest absolute Gasteiger partial charge is 0.316 e. The molecule has 0 radical (unpaired) electrons. The molecule has 3 rings (SSSR count). The van der Waals surface area contributed by atoms with Gasteiger partial charge in [-0.3, -0.25) is 9.36 Å². The normalized spacial score (nSPS) is 17.8. The molecule has 1 saturated heterocycles. The van der Waals surface area contributed by atoms with Crippen LogP contribution in [-0.4, -0.2) is 46.3 Å². The number of rotatable bonds is 6. The number of ether oxygens (including phenoxy) is 2. The summed E-state index contributed by atoms with van der Waals surface area (Å²) in [5.74, 6) is 0.789. The highest BCUT2D eigenvalue weighted by Crippen LogP contribution is 2.29. The van der Waals surface area contributed by atoms with Crippen LogP contribution in [0.5, 0.6) is 0 Å². The standard InChI is InChI=1S/C14H17N3O3S2/c1-19-12(18)9-22-14-16-15-13(11-5-3-7-21-11)17(14)8-10-4-2-6-20-10/h3,5,7,10H,2,4,6,8-9H2,1H3/t10-/m1/s1. The van der Waals surface area contributed by atoms with E-state index in [-0.39, 0.29) is 17.8 Å². The molecular formula is C14H17N3O3S2. The molecule has 2 aromatic heterocycles. The number of thioether (sulfide) groups is 1. The lowest BCUT2D eigenvalue weighted by Crippen LogP contribution is -2.17. The van der Waals surface area contributed by atoms with E-state index in [2.05, 4.69) is 19.5 Å². The Hall–Kier alpha value is -1.38. The Morgan fingerprint density at radius 1 is 1.59 bits per heavy atom. The van der Waals surface area contributed by atoms with Gasteiger partial charge in [0.1, 0.15) is 0 Å². The molecule has 8 heteroatoms. The van der Waals surface area contributed by atoms with Gasteiger partial charge in [0.2, 0.25) is 0 Å². The molecule has 0 N–H and O–H groups in total. The maximum atomic E-state index is 11.4. The fourth-order valence-electron chi connectivity index (χ4n) is 2.32. The van der Waals surface area contributed by atoms with Crippen LogP contribution < -0.4 is 0 Å². The van der Waals surface area contributed by atoms with Crippen molar-refractivity contribution in [3.63, 3.8) is 0 Å². The largest absolute Gasteiger partial charge is 0.468 e. The third kappa shape index (κ3) is 3.50. The number of carbonyl (C=O) groups excluding carboxylic acids is 1. The number of aromatic nitrogens is 3. The summed E-state index contributed by atoms with van der Waals surface area (Å²) < 4.78 is 12.5. The third-order valence-electron chi connectivity index (χ3n) is 3.42. The van der Waals surface area contributed by atoms with Gasteiger partial charge in [-0.05, 0) is 24.3 Å². The van der Waals surface area contributed by atoms with Gasteiger partial charge < -0.3 is 9.47 Å². The molecular weight excluding hydrogens is 322 g/mol. The molecule has 0 unspecified atom stereocenters. The predicted octanol–water partition coefficient (Wildman–Crippen LogP) is 2.45. The first-order chi connectivity index (χ1) is 10.8. The van der Waals surface area contributed by atoms with E-state index in [0.29, 0.717) is 6.54 Å². The Bertz CT molecular complexity index is 621. The van der Waals surface area contributed by atoms with Gasteiger partial charge in [-0.1, -0.05) is 17.8 Å². The summed E-state index contributed by atoms with van der Waals surface area (Å²) in [7, 11) is 1.39. The van der Waals surface area contributed by atoms with E-state index in [9.17, 15) is 4.79 Å². The molecule has 1 fully saturated rings. The Kier molecular flexibility index (Phi) is 5.12. The number of hydrogen-bond acceptors (Lipinski definition) is 7. The van der Waals surface area contributed by atoms with E-state index in [4.69, 9.17) is 4.74 Å². The van der Waals surface area contributed by atoms with Gasteiger partial charge in [0.25, 0.3) is 0 Å². The van der Waals surface area contributed by atoms with Gasteiger partial charge in [-0.25, -0.2) is 0 Å². The zero-order valence-electron chi connectivity index (χ0n) is 12.2. The summed E-state index contributed by atoms with van der Waals surface area (Å²) in [5, 5.41) is 11.3. The number of carbonyl (C=O) groups is 1. The second-order valence-corrected chi connectivity index (χ2v) is 6.78. The average Bonchev–Trinajstić information content (AvgIpc) is 3.27. The zero-order valence-corrected chi connectivity index (χ0v) is 13.9. The Morgan fingerprint density at radius 3 is 3.18 bits per heavy atom. The van der Waals surface area contributed by atoms with Crippen LogP contribution in [-0.2, 0) is 20.8 Å². The van der Waals surface area contributed by atoms with Crippen LogP contribution >= 0.6 is 23.1 Å². The molecule has 0 saturated carbocycles. The average molecular weight is 339 g/mol. The van der Waals surface area contributed by atoms with E-state index in [0.717, 1.165) is 35.3 Å². The van der Waals surface area contributed by atoms with Crippen molar-refractivity contribution in [3.05, 3.63) is 17.5 Å². The van der Waals surface area contributed by atoms with Crippen LogP contribution in [0.3, 0.4) is 0 Å². The molecule has 1 aliphatic heterocycles. The fourth-order valence-corrected chi connectivity index (χ4v) is 3.82. The third-order valence-corrected chi connectivity index (χ3v) is 5.22. The number of nitrogens with zero attached hydrogens (tertiary/aromatic N) is 3. The van der Waals surface area contributed by atoms with Crippen molar-refractivity contribution in [1.82, 2.24) is 14.8 Å². The van der Waals surface area contributed by atoms with Gasteiger partial charge in [-0.15, -0.1) is 21.5 Å². The maximum Gasteiger partial charge on any atom is 0.316 e. The second kappa shape index (κ2) is 7.26. The quantitative estimate of drug-likeness (QED) is 0.595. The minimum atomic E-state index is -0.269. The molecule has 2 aromatic rings. The van der Waals surface area contributed by atoms with Crippen LogP contribution in [0, 0.1) is 0 Å². The first kappa shape index (κ1) is 15.5. The Labute approximate surface area is 136 Å². The first-order valence-corrected chi connectivity index (χ1v) is 8.92. The van der Waals surface area contributed by atoms with Crippen molar-refractivity contribution >= 4 is 29.1 Å². The van der Waals surface area contributed by atoms with Crippen LogP contribution in [0.25, 0.3) is 10.7 Å². The molecule has 0 amide bonds. The first-order valence-electron chi connectivity index (χ1n) is 7.06. The van der Waals surface area contributed by atoms with E-state index < -0.39 is 0 Å². The van der Waals surface area contributed by atoms with Gasteiger partial charge in [0.05, 0.1) is 30.4 Å². The van der Waals surface area contributed by atoms with E-state index >= 15 is 0 Å². The van der Waals surface area contributed by atoms with Crippen molar-refractivity contribution in [2.75, 3.05) is 19.5 Å². The molecule has 1 aliphatic rings. The summed E-state index contributed by atoms with van der Waals surface area (Å²) in [6, 6.07) is 4.02. The number of esters is 1. The van der Waals surface area contributed by atoms with Gasteiger partial charge in [0.15, 0.2) is 11.0 Å². The molecule has 0 aromatic carbocycles. The number of thiophene rings is 1. The van der Waals surface area contributed by atoms with Crippen molar-refractivity contribution in [2.24, 2.45) is 0 Å². The lowest BCUT2D eigenvalue weighted by Gasteiger charge is -2.13. The fraction of sp³-hybridized carbons (Fsp3) is 0.500. The lowest BCUT2D eigenvalue weighted by atomic mass is 10.2. The van der Waals surface area contributed by atoms with E-state index in [1.165, 1.54) is 18.9 Å². The maximum absolute atomic E-state index is 11.4. The molecule has 0 spiro atoms. The van der Waals surface area contributed by atoms with Gasteiger partial charge >= 0.3 is 5.97 Å². The monoisotopic (exact) mass is 339 g/mol. The summed E-state index contributed by atoms with van der Waals surface area (Å²) in [6.07, 6.45) is 2.32. The molecule has 6 nitrogen and oxygen atoms in total. The minimum Gasteiger partial charge on any atom is -0.468 e.